The van der Waals surface area contributed by atoms with Gasteiger partial charge in [0.15, 0.2) is 0 Å². The lowest BCUT2D eigenvalue weighted by atomic mass is 9.95. The summed E-state index contributed by atoms with van der Waals surface area (Å²) in [5.41, 5.74) is 1.60. The average Bonchev–Trinajstić information content (AvgIpc) is 2.96. The number of rotatable bonds is 9. The van der Waals surface area contributed by atoms with E-state index in [-0.39, 0.29) is 12.3 Å². The van der Waals surface area contributed by atoms with E-state index >= 15 is 0 Å². The van der Waals surface area contributed by atoms with Gasteiger partial charge in [0.2, 0.25) is 0 Å². The molecule has 1 amide bonds. The Labute approximate surface area is 150 Å². The van der Waals surface area contributed by atoms with Gasteiger partial charge in [-0.25, -0.2) is 0 Å². The minimum atomic E-state index is -0.776. The van der Waals surface area contributed by atoms with Gasteiger partial charge in [0.25, 0.3) is 5.91 Å². The second kappa shape index (κ2) is 9.98. The van der Waals surface area contributed by atoms with Crippen LogP contribution in [0.25, 0.3) is 0 Å². The highest BCUT2D eigenvalue weighted by Crippen LogP contribution is 2.29. The summed E-state index contributed by atoms with van der Waals surface area (Å²) in [6.45, 7) is 2.53. The number of hydrogen-bond donors (Lipinski definition) is 2. The molecule has 0 aromatic carbocycles. The number of carbonyl (C=O) groups excluding carboxylic acids is 1. The topological polar surface area (TPSA) is 84.2 Å². The summed E-state index contributed by atoms with van der Waals surface area (Å²) < 4.78 is 2.02. The Morgan fingerprint density at radius 1 is 1.29 bits per heavy atom. The molecular formula is C16H25N3O3S2. The van der Waals surface area contributed by atoms with Crippen LogP contribution in [0.2, 0.25) is 0 Å². The number of amides is 1. The SMILES string of the molecule is Cc1c(C(=O)NCCSSCCC(=O)O)cnn1C1CCCCC1. The standard InChI is InChI=1S/C16H25N3O3S2/c1-12-14(11-18-19(12)13-5-3-2-4-6-13)16(22)17-8-10-24-23-9-7-15(20)21/h11,13H,2-10H2,1H3,(H,17,22)(H,20,21). The van der Waals surface area contributed by atoms with Gasteiger partial charge in [-0.3, -0.25) is 14.3 Å². The maximum absolute atomic E-state index is 12.3. The summed E-state index contributed by atoms with van der Waals surface area (Å²) in [5, 5.41) is 15.9. The van der Waals surface area contributed by atoms with Gasteiger partial charge in [-0.15, -0.1) is 0 Å². The number of carboxylic acids is 1. The molecule has 134 valence electrons. The lowest BCUT2D eigenvalue weighted by Gasteiger charge is -2.23. The van der Waals surface area contributed by atoms with E-state index in [0.717, 1.165) is 24.3 Å². The molecule has 0 spiro atoms. The number of nitrogens with zero attached hydrogens (tertiary/aromatic N) is 2. The van der Waals surface area contributed by atoms with Crippen molar-refractivity contribution in [3.8, 4) is 0 Å². The van der Waals surface area contributed by atoms with Gasteiger partial charge in [0.05, 0.1) is 24.2 Å². The van der Waals surface area contributed by atoms with Crippen molar-refractivity contribution >= 4 is 33.5 Å². The molecule has 8 heteroatoms. The zero-order valence-electron chi connectivity index (χ0n) is 14.0. The van der Waals surface area contributed by atoms with Crippen molar-refractivity contribution in [2.75, 3.05) is 18.1 Å². The van der Waals surface area contributed by atoms with Crippen LogP contribution in [-0.4, -0.2) is 44.8 Å². The maximum Gasteiger partial charge on any atom is 0.304 e. The van der Waals surface area contributed by atoms with Crippen molar-refractivity contribution in [1.82, 2.24) is 15.1 Å². The summed E-state index contributed by atoms with van der Waals surface area (Å²) in [6.07, 6.45) is 7.91. The molecule has 2 rings (SSSR count). The average molecular weight is 372 g/mol. The number of aromatic nitrogens is 2. The smallest absolute Gasteiger partial charge is 0.304 e. The van der Waals surface area contributed by atoms with Gasteiger partial charge in [0.1, 0.15) is 0 Å². The van der Waals surface area contributed by atoms with E-state index in [4.69, 9.17) is 5.11 Å². The van der Waals surface area contributed by atoms with Crippen molar-refractivity contribution in [3.63, 3.8) is 0 Å². The highest BCUT2D eigenvalue weighted by atomic mass is 33.1. The van der Waals surface area contributed by atoms with Crippen molar-refractivity contribution < 1.29 is 14.7 Å². The predicted molar refractivity (Wildman–Crippen MR) is 98.6 cm³/mol. The van der Waals surface area contributed by atoms with E-state index in [9.17, 15) is 9.59 Å². The maximum atomic E-state index is 12.3. The zero-order valence-corrected chi connectivity index (χ0v) is 15.6. The van der Waals surface area contributed by atoms with Crippen LogP contribution in [0.1, 0.15) is 60.6 Å². The van der Waals surface area contributed by atoms with Gasteiger partial charge in [0, 0.05) is 23.7 Å². The summed E-state index contributed by atoms with van der Waals surface area (Å²) in [6, 6.07) is 0.432. The third-order valence-electron chi connectivity index (χ3n) is 4.16. The van der Waals surface area contributed by atoms with Crippen molar-refractivity contribution in [2.24, 2.45) is 0 Å². The summed E-state index contributed by atoms with van der Waals surface area (Å²) >= 11 is 0. The van der Waals surface area contributed by atoms with Crippen molar-refractivity contribution in [2.45, 2.75) is 51.5 Å². The first-order chi connectivity index (χ1) is 11.6. The van der Waals surface area contributed by atoms with E-state index in [1.54, 1.807) is 17.0 Å². The van der Waals surface area contributed by atoms with Crippen molar-refractivity contribution in [1.29, 1.82) is 0 Å². The molecule has 0 atom stereocenters. The minimum Gasteiger partial charge on any atom is -0.481 e. The Morgan fingerprint density at radius 2 is 2.00 bits per heavy atom. The third kappa shape index (κ3) is 5.73. The fraction of sp³-hybridized carbons (Fsp3) is 0.688. The molecule has 1 fully saturated rings. The Bertz CT molecular complexity index is 557. The van der Waals surface area contributed by atoms with Gasteiger partial charge in [-0.05, 0) is 19.8 Å². The summed E-state index contributed by atoms with van der Waals surface area (Å²) in [4.78, 5) is 22.7. The quantitative estimate of drug-likeness (QED) is 0.512. The monoisotopic (exact) mass is 371 g/mol. The molecule has 0 aliphatic heterocycles. The fourth-order valence-corrected chi connectivity index (χ4v) is 4.77. The molecule has 1 heterocycles. The summed E-state index contributed by atoms with van der Waals surface area (Å²) in [7, 11) is 3.11. The molecule has 1 aliphatic carbocycles. The normalized spacial score (nSPS) is 15.4. The molecule has 2 N–H and O–H groups in total. The largest absolute Gasteiger partial charge is 0.481 e. The number of hydrogen-bond acceptors (Lipinski definition) is 5. The second-order valence-electron chi connectivity index (χ2n) is 5.92. The molecule has 6 nitrogen and oxygen atoms in total. The molecule has 1 aliphatic rings. The molecule has 0 saturated heterocycles. The Morgan fingerprint density at radius 3 is 2.71 bits per heavy atom. The first-order valence-electron chi connectivity index (χ1n) is 8.38. The van der Waals surface area contributed by atoms with Crippen LogP contribution in [0.3, 0.4) is 0 Å². The first-order valence-corrected chi connectivity index (χ1v) is 10.9. The highest BCUT2D eigenvalue weighted by molar-refractivity contribution is 8.76. The Balaban J connectivity index is 1.72. The third-order valence-corrected chi connectivity index (χ3v) is 6.57. The molecule has 0 radical (unpaired) electrons. The lowest BCUT2D eigenvalue weighted by molar-refractivity contribution is -0.136. The van der Waals surface area contributed by atoms with Crippen LogP contribution in [0.5, 0.6) is 0 Å². The fourth-order valence-electron chi connectivity index (χ4n) is 2.89. The number of nitrogens with one attached hydrogen (secondary N) is 1. The highest BCUT2D eigenvalue weighted by Gasteiger charge is 2.21. The van der Waals surface area contributed by atoms with E-state index in [1.807, 2.05) is 11.6 Å². The van der Waals surface area contributed by atoms with Crippen molar-refractivity contribution in [3.05, 3.63) is 17.5 Å². The van der Waals surface area contributed by atoms with Crippen LogP contribution in [-0.2, 0) is 4.79 Å². The van der Waals surface area contributed by atoms with Crippen LogP contribution < -0.4 is 5.32 Å². The van der Waals surface area contributed by atoms with Gasteiger partial charge in [-0.2, -0.15) is 5.10 Å². The predicted octanol–water partition coefficient (Wildman–Crippen LogP) is 3.28. The zero-order chi connectivity index (χ0) is 17.4. The van der Waals surface area contributed by atoms with Gasteiger partial charge in [-0.1, -0.05) is 40.9 Å². The molecule has 1 aromatic heterocycles. The lowest BCUT2D eigenvalue weighted by Crippen LogP contribution is -2.26. The number of aliphatic carboxylic acids is 1. The van der Waals surface area contributed by atoms with Crippen LogP contribution in [0, 0.1) is 6.92 Å². The number of carbonyl (C=O) groups is 2. The Hall–Kier alpha value is -1.15. The molecular weight excluding hydrogens is 346 g/mol. The van der Waals surface area contributed by atoms with E-state index in [0.29, 0.717) is 23.9 Å². The van der Waals surface area contributed by atoms with Gasteiger partial charge < -0.3 is 10.4 Å². The minimum absolute atomic E-state index is 0.0781. The van der Waals surface area contributed by atoms with Crippen LogP contribution in [0.15, 0.2) is 6.20 Å². The van der Waals surface area contributed by atoms with Gasteiger partial charge >= 0.3 is 5.97 Å². The molecule has 0 unspecified atom stereocenters. The van der Waals surface area contributed by atoms with Crippen LogP contribution in [0.4, 0.5) is 0 Å². The first kappa shape index (κ1) is 19.2. The molecule has 0 bridgehead atoms. The van der Waals surface area contributed by atoms with E-state index in [2.05, 4.69) is 10.4 Å². The number of carboxylic acid groups (broad SMARTS) is 1. The molecule has 1 saturated carbocycles. The van der Waals surface area contributed by atoms with E-state index < -0.39 is 5.97 Å². The second-order valence-corrected chi connectivity index (χ2v) is 8.63. The summed E-state index contributed by atoms with van der Waals surface area (Å²) in [5.74, 6) is 0.486. The van der Waals surface area contributed by atoms with Crippen LogP contribution >= 0.6 is 21.6 Å². The molecule has 1 aromatic rings. The Kier molecular flexibility index (Phi) is 7.98. The molecule has 24 heavy (non-hydrogen) atoms. The van der Waals surface area contributed by atoms with E-state index in [1.165, 1.54) is 30.1 Å².